The minimum Gasteiger partial charge on any atom is -0.305 e. The summed E-state index contributed by atoms with van der Waals surface area (Å²) in [5.41, 5.74) is 2.85. The van der Waals surface area contributed by atoms with E-state index in [1.54, 1.807) is 0 Å². The Hall–Kier alpha value is -1.19. The molecule has 3 heteroatoms. The van der Waals surface area contributed by atoms with Gasteiger partial charge in [0, 0.05) is 29.1 Å². The van der Waals surface area contributed by atoms with Crippen LogP contribution >= 0.6 is 11.3 Å². The van der Waals surface area contributed by atoms with E-state index in [-0.39, 0.29) is 5.41 Å². The number of hydrogen-bond acceptors (Lipinski definition) is 3. The van der Waals surface area contributed by atoms with Crippen LogP contribution in [0.3, 0.4) is 0 Å². The third-order valence-electron chi connectivity index (χ3n) is 3.43. The van der Waals surface area contributed by atoms with Gasteiger partial charge in [-0.15, -0.1) is 11.3 Å². The van der Waals surface area contributed by atoms with Gasteiger partial charge in [0.15, 0.2) is 0 Å². The first-order valence-corrected chi connectivity index (χ1v) is 7.93. The molecule has 0 aliphatic heterocycles. The van der Waals surface area contributed by atoms with Gasteiger partial charge in [0.05, 0.1) is 5.01 Å². The highest BCUT2D eigenvalue weighted by Gasteiger charge is 2.18. The Bertz CT molecular complexity index is 566. The Balaban J connectivity index is 1.99. The number of nitrogens with one attached hydrogen (secondary N) is 1. The SMILES string of the molecule is Cc1ccccc1[C@H](C)NCc1cnc(C(C)(C)C)s1. The number of aromatic nitrogens is 1. The first-order valence-electron chi connectivity index (χ1n) is 7.12. The number of rotatable bonds is 4. The fourth-order valence-electron chi connectivity index (χ4n) is 2.17. The van der Waals surface area contributed by atoms with E-state index in [2.05, 4.69) is 69.2 Å². The van der Waals surface area contributed by atoms with Crippen LogP contribution < -0.4 is 5.32 Å². The predicted molar refractivity (Wildman–Crippen MR) is 87.2 cm³/mol. The van der Waals surface area contributed by atoms with Crippen molar-refractivity contribution in [2.75, 3.05) is 0 Å². The van der Waals surface area contributed by atoms with Crippen LogP contribution in [0, 0.1) is 6.92 Å². The zero-order valence-corrected chi connectivity index (χ0v) is 13.8. The van der Waals surface area contributed by atoms with Crippen LogP contribution in [-0.2, 0) is 12.0 Å². The van der Waals surface area contributed by atoms with E-state index < -0.39 is 0 Å². The van der Waals surface area contributed by atoms with Gasteiger partial charge < -0.3 is 5.32 Å². The van der Waals surface area contributed by atoms with Gasteiger partial charge in [-0.2, -0.15) is 0 Å². The smallest absolute Gasteiger partial charge is 0.0981 e. The van der Waals surface area contributed by atoms with Crippen molar-refractivity contribution in [3.63, 3.8) is 0 Å². The van der Waals surface area contributed by atoms with Gasteiger partial charge in [-0.25, -0.2) is 4.98 Å². The molecule has 20 heavy (non-hydrogen) atoms. The fourth-order valence-corrected chi connectivity index (χ4v) is 3.09. The first kappa shape index (κ1) is 15.2. The Morgan fingerprint density at radius 1 is 1.25 bits per heavy atom. The van der Waals surface area contributed by atoms with Crippen molar-refractivity contribution in [2.45, 2.75) is 52.6 Å². The molecule has 2 nitrogen and oxygen atoms in total. The summed E-state index contributed by atoms with van der Waals surface area (Å²) < 4.78 is 0. The number of nitrogens with zero attached hydrogens (tertiary/aromatic N) is 1. The molecule has 2 rings (SSSR count). The Morgan fingerprint density at radius 3 is 2.55 bits per heavy atom. The molecule has 0 saturated carbocycles. The molecule has 0 unspecified atom stereocenters. The van der Waals surface area contributed by atoms with E-state index >= 15 is 0 Å². The Morgan fingerprint density at radius 2 is 1.95 bits per heavy atom. The van der Waals surface area contributed by atoms with Crippen molar-refractivity contribution < 1.29 is 0 Å². The van der Waals surface area contributed by atoms with Crippen LogP contribution in [0.1, 0.15) is 54.7 Å². The third-order valence-corrected chi connectivity index (χ3v) is 4.86. The second kappa shape index (κ2) is 6.06. The Labute approximate surface area is 126 Å². The maximum absolute atomic E-state index is 4.53. The molecule has 1 aromatic carbocycles. The molecule has 0 aliphatic carbocycles. The van der Waals surface area contributed by atoms with Gasteiger partial charge in [-0.05, 0) is 25.0 Å². The molecule has 0 spiro atoms. The minimum absolute atomic E-state index is 0.143. The molecule has 1 N–H and O–H groups in total. The molecular weight excluding hydrogens is 264 g/mol. The summed E-state index contributed by atoms with van der Waals surface area (Å²) in [4.78, 5) is 5.84. The molecule has 0 fully saturated rings. The van der Waals surface area contributed by atoms with Crippen LogP contribution in [-0.4, -0.2) is 4.98 Å². The molecule has 1 heterocycles. The fraction of sp³-hybridized carbons (Fsp3) is 0.471. The highest BCUT2D eigenvalue weighted by atomic mass is 32.1. The maximum atomic E-state index is 4.53. The summed E-state index contributed by atoms with van der Waals surface area (Å²) >= 11 is 1.81. The van der Waals surface area contributed by atoms with Gasteiger partial charge in [-0.1, -0.05) is 45.0 Å². The molecule has 0 aliphatic rings. The number of aryl methyl sites for hydroxylation is 1. The van der Waals surface area contributed by atoms with E-state index in [0.29, 0.717) is 6.04 Å². The highest BCUT2D eigenvalue weighted by Crippen LogP contribution is 2.27. The topological polar surface area (TPSA) is 24.9 Å². The summed E-state index contributed by atoms with van der Waals surface area (Å²) in [6, 6.07) is 8.91. The van der Waals surface area contributed by atoms with Gasteiger partial charge in [0.2, 0.25) is 0 Å². The average molecular weight is 288 g/mol. The van der Waals surface area contributed by atoms with Gasteiger partial charge >= 0.3 is 0 Å². The monoisotopic (exact) mass is 288 g/mol. The van der Waals surface area contributed by atoms with Crippen molar-refractivity contribution in [1.29, 1.82) is 0 Å². The molecule has 0 amide bonds. The number of thiazole rings is 1. The summed E-state index contributed by atoms with van der Waals surface area (Å²) in [5, 5.41) is 4.80. The van der Waals surface area contributed by atoms with E-state index in [9.17, 15) is 0 Å². The lowest BCUT2D eigenvalue weighted by atomic mass is 9.98. The standard InChI is InChI=1S/C17H24N2S/c1-12-8-6-7-9-15(12)13(2)18-10-14-11-19-16(20-14)17(3,4)5/h6-9,11,13,18H,10H2,1-5H3/t13-/m0/s1. The van der Waals surface area contributed by atoms with Crippen molar-refractivity contribution in [3.8, 4) is 0 Å². The van der Waals surface area contributed by atoms with Crippen molar-refractivity contribution in [1.82, 2.24) is 10.3 Å². The predicted octanol–water partition coefficient (Wildman–Crippen LogP) is 4.60. The molecule has 1 atom stereocenters. The quantitative estimate of drug-likeness (QED) is 0.889. The Kier molecular flexibility index (Phi) is 4.61. The minimum atomic E-state index is 0.143. The molecule has 2 aromatic rings. The van der Waals surface area contributed by atoms with Crippen LogP contribution in [0.2, 0.25) is 0 Å². The van der Waals surface area contributed by atoms with Crippen LogP contribution in [0.4, 0.5) is 0 Å². The summed E-state index contributed by atoms with van der Waals surface area (Å²) in [5.74, 6) is 0. The highest BCUT2D eigenvalue weighted by molar-refractivity contribution is 7.11. The average Bonchev–Trinajstić information content (AvgIpc) is 2.85. The van der Waals surface area contributed by atoms with E-state index in [4.69, 9.17) is 0 Å². The number of hydrogen-bond donors (Lipinski definition) is 1. The van der Waals surface area contributed by atoms with Gasteiger partial charge in [0.25, 0.3) is 0 Å². The molecule has 0 radical (unpaired) electrons. The summed E-state index contributed by atoms with van der Waals surface area (Å²) in [6.07, 6.45) is 2.00. The zero-order chi connectivity index (χ0) is 14.8. The molecule has 0 bridgehead atoms. The molecule has 108 valence electrons. The van der Waals surface area contributed by atoms with Gasteiger partial charge in [0.1, 0.15) is 0 Å². The van der Waals surface area contributed by atoms with Crippen molar-refractivity contribution in [3.05, 3.63) is 51.5 Å². The van der Waals surface area contributed by atoms with Crippen molar-refractivity contribution in [2.24, 2.45) is 0 Å². The molecular formula is C17H24N2S. The van der Waals surface area contributed by atoms with E-state index in [1.807, 2.05) is 17.5 Å². The normalized spacial score (nSPS) is 13.4. The largest absolute Gasteiger partial charge is 0.305 e. The lowest BCUT2D eigenvalue weighted by molar-refractivity contribution is 0.575. The maximum Gasteiger partial charge on any atom is 0.0981 e. The zero-order valence-electron chi connectivity index (χ0n) is 13.0. The third kappa shape index (κ3) is 3.68. The van der Waals surface area contributed by atoms with Crippen LogP contribution in [0.15, 0.2) is 30.5 Å². The second-order valence-electron chi connectivity index (χ2n) is 6.34. The molecule has 1 aromatic heterocycles. The summed E-state index contributed by atoms with van der Waals surface area (Å²) in [6.45, 7) is 11.9. The number of benzene rings is 1. The lowest BCUT2D eigenvalue weighted by Crippen LogP contribution is -2.18. The van der Waals surface area contributed by atoms with Crippen LogP contribution in [0.25, 0.3) is 0 Å². The second-order valence-corrected chi connectivity index (χ2v) is 7.46. The van der Waals surface area contributed by atoms with E-state index in [0.717, 1.165) is 6.54 Å². The first-order chi connectivity index (χ1) is 9.38. The summed E-state index contributed by atoms with van der Waals surface area (Å²) in [7, 11) is 0. The van der Waals surface area contributed by atoms with Crippen molar-refractivity contribution >= 4 is 11.3 Å². The molecule has 0 saturated heterocycles. The van der Waals surface area contributed by atoms with E-state index in [1.165, 1.54) is 21.0 Å². The van der Waals surface area contributed by atoms with Gasteiger partial charge in [-0.3, -0.25) is 0 Å². The lowest BCUT2D eigenvalue weighted by Gasteiger charge is -2.16. The van der Waals surface area contributed by atoms with Crippen LogP contribution in [0.5, 0.6) is 0 Å².